The van der Waals surface area contributed by atoms with Crippen molar-refractivity contribution >= 4 is 27.3 Å². The Morgan fingerprint density at radius 1 is 1.30 bits per heavy atom. The zero-order valence-electron chi connectivity index (χ0n) is 10.8. The molecular weight excluding hydrogens is 324 g/mol. The number of nitro groups is 1. The number of hydrogen-bond acceptors (Lipinski definition) is 4. The molecule has 0 aliphatic heterocycles. The van der Waals surface area contributed by atoms with Gasteiger partial charge in [-0.1, -0.05) is 28.1 Å². The lowest BCUT2D eigenvalue weighted by Gasteiger charge is -2.11. The second-order valence-corrected chi connectivity index (χ2v) is 5.04. The molecule has 2 aromatic rings. The minimum Gasteiger partial charge on any atom is -0.495 e. The third-order valence-electron chi connectivity index (χ3n) is 2.77. The van der Waals surface area contributed by atoms with Crippen LogP contribution in [0.1, 0.15) is 5.56 Å². The molecule has 6 heteroatoms. The highest BCUT2D eigenvalue weighted by Crippen LogP contribution is 2.28. The molecule has 0 amide bonds. The summed E-state index contributed by atoms with van der Waals surface area (Å²) in [5.41, 5.74) is 1.75. The van der Waals surface area contributed by atoms with Crippen molar-refractivity contribution in [2.75, 3.05) is 12.4 Å². The third kappa shape index (κ3) is 3.48. The molecule has 0 radical (unpaired) electrons. The SMILES string of the molecule is COc1ccc(Br)cc1NCc1cccc([N+](=O)[O-])c1. The fourth-order valence-corrected chi connectivity index (χ4v) is 2.16. The molecule has 2 aromatic carbocycles. The van der Waals surface area contributed by atoms with E-state index >= 15 is 0 Å². The first kappa shape index (κ1) is 14.3. The van der Waals surface area contributed by atoms with Crippen molar-refractivity contribution < 1.29 is 9.66 Å². The number of halogens is 1. The van der Waals surface area contributed by atoms with Crippen molar-refractivity contribution in [2.45, 2.75) is 6.54 Å². The first-order valence-electron chi connectivity index (χ1n) is 5.91. The van der Waals surface area contributed by atoms with E-state index in [2.05, 4.69) is 21.2 Å². The Labute approximate surface area is 124 Å². The molecule has 0 spiro atoms. The number of anilines is 1. The highest BCUT2D eigenvalue weighted by atomic mass is 79.9. The van der Waals surface area contributed by atoms with Gasteiger partial charge in [0.15, 0.2) is 0 Å². The minimum atomic E-state index is -0.400. The van der Waals surface area contributed by atoms with E-state index in [-0.39, 0.29) is 5.69 Å². The van der Waals surface area contributed by atoms with Crippen molar-refractivity contribution in [3.8, 4) is 5.75 Å². The van der Waals surface area contributed by atoms with E-state index in [0.29, 0.717) is 6.54 Å². The van der Waals surface area contributed by atoms with Crippen LogP contribution in [0.4, 0.5) is 11.4 Å². The number of non-ortho nitro benzene ring substituents is 1. The first-order chi connectivity index (χ1) is 9.60. The lowest BCUT2D eigenvalue weighted by molar-refractivity contribution is -0.384. The van der Waals surface area contributed by atoms with Crippen LogP contribution < -0.4 is 10.1 Å². The largest absolute Gasteiger partial charge is 0.495 e. The topological polar surface area (TPSA) is 64.4 Å². The summed E-state index contributed by atoms with van der Waals surface area (Å²) in [6.45, 7) is 0.481. The summed E-state index contributed by atoms with van der Waals surface area (Å²) in [5.74, 6) is 0.721. The maximum Gasteiger partial charge on any atom is 0.269 e. The molecule has 0 saturated heterocycles. The molecule has 0 saturated carbocycles. The monoisotopic (exact) mass is 336 g/mol. The van der Waals surface area contributed by atoms with E-state index in [4.69, 9.17) is 4.74 Å². The first-order valence-corrected chi connectivity index (χ1v) is 6.70. The van der Waals surface area contributed by atoms with Gasteiger partial charge in [0, 0.05) is 23.2 Å². The van der Waals surface area contributed by atoms with E-state index in [1.165, 1.54) is 6.07 Å². The van der Waals surface area contributed by atoms with Gasteiger partial charge in [-0.15, -0.1) is 0 Å². The highest BCUT2D eigenvalue weighted by molar-refractivity contribution is 9.10. The second-order valence-electron chi connectivity index (χ2n) is 4.13. The molecule has 1 N–H and O–H groups in total. The Bertz CT molecular complexity index is 632. The summed E-state index contributed by atoms with van der Waals surface area (Å²) in [6, 6.07) is 12.2. The molecule has 2 rings (SSSR count). The lowest BCUT2D eigenvalue weighted by atomic mass is 10.2. The van der Waals surface area contributed by atoms with Gasteiger partial charge in [0.2, 0.25) is 0 Å². The van der Waals surface area contributed by atoms with Crippen LogP contribution in [-0.2, 0) is 6.54 Å². The minimum absolute atomic E-state index is 0.0884. The second kappa shape index (κ2) is 6.38. The van der Waals surface area contributed by atoms with E-state index in [1.54, 1.807) is 19.2 Å². The molecule has 0 aromatic heterocycles. The Balaban J connectivity index is 2.14. The normalized spacial score (nSPS) is 10.1. The third-order valence-corrected chi connectivity index (χ3v) is 3.26. The Hall–Kier alpha value is -2.08. The summed E-state index contributed by atoms with van der Waals surface area (Å²) in [7, 11) is 1.60. The number of benzene rings is 2. The van der Waals surface area contributed by atoms with Crippen LogP contribution in [0.15, 0.2) is 46.9 Å². The van der Waals surface area contributed by atoms with E-state index < -0.39 is 4.92 Å². The molecular formula is C14H13BrN2O3. The lowest BCUT2D eigenvalue weighted by Crippen LogP contribution is -2.02. The number of nitro benzene ring substituents is 1. The molecule has 5 nitrogen and oxygen atoms in total. The van der Waals surface area contributed by atoms with Crippen LogP contribution in [0.2, 0.25) is 0 Å². The number of nitrogens with zero attached hydrogens (tertiary/aromatic N) is 1. The Morgan fingerprint density at radius 3 is 2.80 bits per heavy atom. The van der Waals surface area contributed by atoms with Crippen LogP contribution in [-0.4, -0.2) is 12.0 Å². The van der Waals surface area contributed by atoms with Crippen LogP contribution in [0, 0.1) is 10.1 Å². The molecule has 20 heavy (non-hydrogen) atoms. The van der Waals surface area contributed by atoms with Crippen LogP contribution in [0.5, 0.6) is 5.75 Å². The van der Waals surface area contributed by atoms with Gasteiger partial charge in [0.05, 0.1) is 17.7 Å². The average molecular weight is 337 g/mol. The predicted molar refractivity (Wildman–Crippen MR) is 81.1 cm³/mol. The van der Waals surface area contributed by atoms with Crippen molar-refractivity contribution in [3.05, 3.63) is 62.6 Å². The van der Waals surface area contributed by atoms with Crippen molar-refractivity contribution in [1.82, 2.24) is 0 Å². The molecule has 104 valence electrons. The van der Waals surface area contributed by atoms with E-state index in [0.717, 1.165) is 21.5 Å². The number of methoxy groups -OCH3 is 1. The summed E-state index contributed by atoms with van der Waals surface area (Å²) in [5, 5.41) is 13.9. The molecule has 0 bridgehead atoms. The highest BCUT2D eigenvalue weighted by Gasteiger charge is 2.07. The zero-order valence-corrected chi connectivity index (χ0v) is 12.4. The Kier molecular flexibility index (Phi) is 4.57. The molecule has 0 atom stereocenters. The van der Waals surface area contributed by atoms with Gasteiger partial charge in [-0.2, -0.15) is 0 Å². The Morgan fingerprint density at radius 2 is 2.10 bits per heavy atom. The molecule has 0 unspecified atom stereocenters. The maximum absolute atomic E-state index is 10.7. The van der Waals surface area contributed by atoms with Crippen molar-refractivity contribution in [3.63, 3.8) is 0 Å². The summed E-state index contributed by atoms with van der Waals surface area (Å²) < 4.78 is 6.19. The smallest absolute Gasteiger partial charge is 0.269 e. The van der Waals surface area contributed by atoms with Gasteiger partial charge in [-0.3, -0.25) is 10.1 Å². The molecule has 0 aliphatic carbocycles. The van der Waals surface area contributed by atoms with Crippen molar-refractivity contribution in [2.24, 2.45) is 0 Å². The van der Waals surface area contributed by atoms with Crippen LogP contribution in [0.3, 0.4) is 0 Å². The van der Waals surface area contributed by atoms with Gasteiger partial charge in [0.25, 0.3) is 5.69 Å². The average Bonchev–Trinajstić information content (AvgIpc) is 2.45. The van der Waals surface area contributed by atoms with Crippen molar-refractivity contribution in [1.29, 1.82) is 0 Å². The predicted octanol–water partition coefficient (Wildman–Crippen LogP) is 3.98. The quantitative estimate of drug-likeness (QED) is 0.662. The summed E-state index contributed by atoms with van der Waals surface area (Å²) in [4.78, 5) is 10.3. The standard InChI is InChI=1S/C14H13BrN2O3/c1-20-14-6-5-11(15)8-13(14)16-9-10-3-2-4-12(7-10)17(18)19/h2-8,16H,9H2,1H3. The van der Waals surface area contributed by atoms with Gasteiger partial charge >= 0.3 is 0 Å². The van der Waals surface area contributed by atoms with Gasteiger partial charge < -0.3 is 10.1 Å². The van der Waals surface area contributed by atoms with E-state index in [1.807, 2.05) is 24.3 Å². The summed E-state index contributed by atoms with van der Waals surface area (Å²) >= 11 is 3.40. The number of hydrogen-bond donors (Lipinski definition) is 1. The fourth-order valence-electron chi connectivity index (χ4n) is 1.80. The molecule has 0 aliphatic rings. The number of nitrogens with one attached hydrogen (secondary N) is 1. The van der Waals surface area contributed by atoms with Crippen LogP contribution >= 0.6 is 15.9 Å². The number of ether oxygens (including phenoxy) is 1. The number of rotatable bonds is 5. The van der Waals surface area contributed by atoms with E-state index in [9.17, 15) is 10.1 Å². The fraction of sp³-hybridized carbons (Fsp3) is 0.143. The van der Waals surface area contributed by atoms with Gasteiger partial charge in [0.1, 0.15) is 5.75 Å². The zero-order chi connectivity index (χ0) is 14.5. The van der Waals surface area contributed by atoms with Gasteiger partial charge in [-0.25, -0.2) is 0 Å². The van der Waals surface area contributed by atoms with Crippen LogP contribution in [0.25, 0.3) is 0 Å². The van der Waals surface area contributed by atoms with Gasteiger partial charge in [-0.05, 0) is 23.8 Å². The summed E-state index contributed by atoms with van der Waals surface area (Å²) in [6.07, 6.45) is 0. The maximum atomic E-state index is 10.7. The molecule has 0 heterocycles. The molecule has 0 fully saturated rings.